The monoisotopic (exact) mass is 370 g/mol. The number of aromatic nitrogens is 1. The average molecular weight is 372 g/mol. The molecule has 0 bridgehead atoms. The average Bonchev–Trinajstić information content (AvgIpc) is 2.85. The van der Waals surface area contributed by atoms with Crippen LogP contribution in [0.3, 0.4) is 0 Å². The molecule has 1 N–H and O–H groups in total. The number of carbonyl (C=O) groups excluding carboxylic acids is 1. The number of hydrogen-bond acceptors (Lipinski definition) is 3. The summed E-state index contributed by atoms with van der Waals surface area (Å²) in [7, 11) is 0. The second kappa shape index (κ2) is 7.02. The van der Waals surface area contributed by atoms with E-state index in [1.165, 1.54) is 11.3 Å². The van der Waals surface area contributed by atoms with Crippen LogP contribution in [0.1, 0.15) is 5.69 Å². The van der Waals surface area contributed by atoms with Crippen molar-refractivity contribution in [2.45, 2.75) is 6.42 Å². The Bertz CT molecular complexity index is 642. The Balaban J connectivity index is 2.04. The van der Waals surface area contributed by atoms with Gasteiger partial charge in [-0.05, 0) is 6.07 Å². The van der Waals surface area contributed by atoms with Gasteiger partial charge in [0.1, 0.15) is 5.01 Å². The quantitative estimate of drug-likeness (QED) is 0.862. The third-order valence-corrected chi connectivity index (χ3v) is 4.01. The van der Waals surface area contributed by atoms with E-state index in [0.29, 0.717) is 11.6 Å². The number of nitrogens with one attached hydrogen (secondary N) is 1. The van der Waals surface area contributed by atoms with Crippen LogP contribution in [0.5, 0.6) is 0 Å². The van der Waals surface area contributed by atoms with Crippen molar-refractivity contribution in [1.82, 2.24) is 10.3 Å². The molecular weight excluding hydrogens is 360 g/mol. The molecule has 0 saturated heterocycles. The minimum atomic E-state index is -0.0818. The molecule has 0 aliphatic heterocycles. The molecule has 20 heavy (non-hydrogen) atoms. The predicted octanol–water partition coefficient (Wildman–Crippen LogP) is 4.03. The third-order valence-electron chi connectivity index (χ3n) is 2.48. The van der Waals surface area contributed by atoms with E-state index in [2.05, 4.69) is 32.8 Å². The second-order valence-electron chi connectivity index (χ2n) is 4.09. The first-order valence-electron chi connectivity index (χ1n) is 5.85. The summed E-state index contributed by atoms with van der Waals surface area (Å²) in [6, 6.07) is 7.53. The lowest BCUT2D eigenvalue weighted by Crippen LogP contribution is -2.26. The molecular formula is C14H12BrClN2OS. The Morgan fingerprint density at radius 3 is 2.90 bits per heavy atom. The standard InChI is InChI=1S/C14H12BrClN2OS/c1-9(15)7-17-13(19)6-10-8-20-14(18-10)11-4-2-3-5-12(11)16/h2-5,8H,1,6-7H2,(H,17,19). The topological polar surface area (TPSA) is 42.0 Å². The number of carbonyl (C=O) groups is 1. The summed E-state index contributed by atoms with van der Waals surface area (Å²) in [6.07, 6.45) is 0.251. The van der Waals surface area contributed by atoms with E-state index in [1.54, 1.807) is 0 Å². The van der Waals surface area contributed by atoms with Crippen LogP contribution < -0.4 is 5.32 Å². The summed E-state index contributed by atoms with van der Waals surface area (Å²) in [5.41, 5.74) is 1.63. The molecule has 2 rings (SSSR count). The zero-order valence-corrected chi connectivity index (χ0v) is 13.7. The molecule has 0 fully saturated rings. The fraction of sp³-hybridized carbons (Fsp3) is 0.143. The minimum absolute atomic E-state index is 0.0818. The molecule has 2 aromatic rings. The molecule has 0 atom stereocenters. The van der Waals surface area contributed by atoms with Gasteiger partial charge in [0, 0.05) is 22.0 Å². The Hall–Kier alpha value is -1.17. The van der Waals surface area contributed by atoms with Crippen LogP contribution in [-0.4, -0.2) is 17.4 Å². The highest BCUT2D eigenvalue weighted by atomic mass is 79.9. The van der Waals surface area contributed by atoms with Gasteiger partial charge in [-0.3, -0.25) is 4.79 Å². The molecule has 0 saturated carbocycles. The molecule has 104 valence electrons. The van der Waals surface area contributed by atoms with Crippen molar-refractivity contribution in [2.75, 3.05) is 6.54 Å². The van der Waals surface area contributed by atoms with E-state index in [4.69, 9.17) is 11.6 Å². The predicted molar refractivity (Wildman–Crippen MR) is 87.3 cm³/mol. The number of benzene rings is 1. The molecule has 1 aromatic heterocycles. The van der Waals surface area contributed by atoms with Gasteiger partial charge in [0.2, 0.25) is 5.91 Å². The van der Waals surface area contributed by atoms with Crippen molar-refractivity contribution >= 4 is 44.8 Å². The molecule has 0 radical (unpaired) electrons. The zero-order chi connectivity index (χ0) is 14.5. The van der Waals surface area contributed by atoms with E-state index in [-0.39, 0.29) is 12.3 Å². The van der Waals surface area contributed by atoms with Gasteiger partial charge in [0.15, 0.2) is 0 Å². The van der Waals surface area contributed by atoms with Gasteiger partial charge >= 0.3 is 0 Å². The summed E-state index contributed by atoms with van der Waals surface area (Å²) in [6.45, 7) is 4.08. The molecule has 0 aliphatic carbocycles. The Morgan fingerprint density at radius 2 is 2.20 bits per heavy atom. The highest BCUT2D eigenvalue weighted by Crippen LogP contribution is 2.30. The molecule has 0 aliphatic rings. The Morgan fingerprint density at radius 1 is 1.45 bits per heavy atom. The molecule has 0 spiro atoms. The third kappa shape index (κ3) is 4.16. The van der Waals surface area contributed by atoms with E-state index < -0.39 is 0 Å². The van der Waals surface area contributed by atoms with Gasteiger partial charge in [-0.2, -0.15) is 0 Å². The van der Waals surface area contributed by atoms with E-state index in [9.17, 15) is 4.79 Å². The minimum Gasteiger partial charge on any atom is -0.351 e. The number of thiazole rings is 1. The lowest BCUT2D eigenvalue weighted by molar-refractivity contribution is -0.120. The Kier molecular flexibility index (Phi) is 5.34. The van der Waals surface area contributed by atoms with Gasteiger partial charge in [-0.15, -0.1) is 11.3 Å². The summed E-state index contributed by atoms with van der Waals surface area (Å²) in [5.74, 6) is -0.0818. The molecule has 1 aromatic carbocycles. The fourth-order valence-corrected chi connectivity index (χ4v) is 2.85. The SMILES string of the molecule is C=C(Br)CNC(=O)Cc1csc(-c2ccccc2Cl)n1. The second-order valence-corrected chi connectivity index (χ2v) is 6.48. The van der Waals surface area contributed by atoms with Crippen LogP contribution >= 0.6 is 38.9 Å². The van der Waals surface area contributed by atoms with Crippen molar-refractivity contribution < 1.29 is 4.79 Å². The van der Waals surface area contributed by atoms with Crippen LogP contribution in [0.2, 0.25) is 5.02 Å². The number of halogens is 2. The van der Waals surface area contributed by atoms with Crippen LogP contribution in [0, 0.1) is 0 Å². The van der Waals surface area contributed by atoms with Crippen LogP contribution in [-0.2, 0) is 11.2 Å². The van der Waals surface area contributed by atoms with Crippen molar-refractivity contribution in [3.05, 3.63) is 51.4 Å². The highest BCUT2D eigenvalue weighted by molar-refractivity contribution is 9.11. The van der Waals surface area contributed by atoms with Crippen molar-refractivity contribution in [1.29, 1.82) is 0 Å². The first-order chi connectivity index (χ1) is 9.56. The summed E-state index contributed by atoms with van der Waals surface area (Å²) in [4.78, 5) is 16.1. The van der Waals surface area contributed by atoms with Crippen molar-refractivity contribution in [3.8, 4) is 10.6 Å². The first-order valence-corrected chi connectivity index (χ1v) is 7.90. The van der Waals surface area contributed by atoms with Gasteiger partial charge < -0.3 is 5.32 Å². The summed E-state index contributed by atoms with van der Waals surface area (Å²) in [5, 5.41) is 6.10. The van der Waals surface area contributed by atoms with Crippen molar-refractivity contribution in [2.24, 2.45) is 0 Å². The normalized spacial score (nSPS) is 10.3. The van der Waals surface area contributed by atoms with Gasteiger partial charge in [0.25, 0.3) is 0 Å². The van der Waals surface area contributed by atoms with Crippen LogP contribution in [0.15, 0.2) is 40.7 Å². The lowest BCUT2D eigenvalue weighted by atomic mass is 10.2. The molecule has 6 heteroatoms. The van der Waals surface area contributed by atoms with E-state index in [0.717, 1.165) is 20.7 Å². The van der Waals surface area contributed by atoms with Gasteiger partial charge in [-0.1, -0.05) is 52.3 Å². The number of nitrogens with zero attached hydrogens (tertiary/aromatic N) is 1. The summed E-state index contributed by atoms with van der Waals surface area (Å²) < 4.78 is 0.737. The maximum Gasteiger partial charge on any atom is 0.226 e. The Labute approximate surface area is 134 Å². The smallest absolute Gasteiger partial charge is 0.226 e. The zero-order valence-electron chi connectivity index (χ0n) is 10.5. The maximum atomic E-state index is 11.7. The molecule has 1 heterocycles. The van der Waals surface area contributed by atoms with E-state index >= 15 is 0 Å². The van der Waals surface area contributed by atoms with Crippen LogP contribution in [0.25, 0.3) is 10.6 Å². The molecule has 0 unspecified atom stereocenters. The molecule has 3 nitrogen and oxygen atoms in total. The molecule has 1 amide bonds. The number of amides is 1. The van der Waals surface area contributed by atoms with Gasteiger partial charge in [-0.25, -0.2) is 4.98 Å². The summed E-state index contributed by atoms with van der Waals surface area (Å²) >= 11 is 10.8. The number of hydrogen-bond donors (Lipinski definition) is 1. The van der Waals surface area contributed by atoms with E-state index in [1.807, 2.05) is 29.6 Å². The fourth-order valence-electron chi connectivity index (χ4n) is 1.57. The largest absolute Gasteiger partial charge is 0.351 e. The van der Waals surface area contributed by atoms with Crippen molar-refractivity contribution in [3.63, 3.8) is 0 Å². The van der Waals surface area contributed by atoms with Crippen LogP contribution in [0.4, 0.5) is 0 Å². The number of rotatable bonds is 5. The maximum absolute atomic E-state index is 11.7. The first kappa shape index (κ1) is 15.2. The highest BCUT2D eigenvalue weighted by Gasteiger charge is 2.10. The lowest BCUT2D eigenvalue weighted by Gasteiger charge is -2.02. The van der Waals surface area contributed by atoms with Gasteiger partial charge in [0.05, 0.1) is 17.1 Å².